The van der Waals surface area contributed by atoms with E-state index in [9.17, 15) is 15.0 Å². The number of nitrogens with zero attached hydrogens (tertiary/aromatic N) is 4. The first-order valence-electron chi connectivity index (χ1n) is 18.2. The number of aromatic nitrogens is 3. The second-order valence-electron chi connectivity index (χ2n) is 12.4. The quantitative estimate of drug-likeness (QED) is 0.0737. The zero-order valence-electron chi connectivity index (χ0n) is 32.3. The summed E-state index contributed by atoms with van der Waals surface area (Å²) in [6.45, 7) is 15.3. The third kappa shape index (κ3) is 12.2. The molecule has 4 heterocycles. The number of carbonyl (C=O) groups is 1. The summed E-state index contributed by atoms with van der Waals surface area (Å²) in [5.74, 6) is 1.14. The maximum Gasteiger partial charge on any atom is 0.350 e. The van der Waals surface area contributed by atoms with Gasteiger partial charge in [0, 0.05) is 52.8 Å². The fraction of sp³-hybridized carbons (Fsp3) is 0.300. The van der Waals surface area contributed by atoms with Gasteiger partial charge in [0.05, 0.1) is 28.7 Å². The molecule has 302 valence electrons. The number of likely N-dealkylation sites (N-methyl/N-ethyl adjacent to an activating group) is 1. The number of hydrogen-bond donors (Lipinski definition) is 5. The van der Waals surface area contributed by atoms with Crippen molar-refractivity contribution in [2.45, 2.75) is 34.6 Å². The number of carbonyl (C=O) groups excluding carboxylic acids is 1. The van der Waals surface area contributed by atoms with Gasteiger partial charge in [0.25, 0.3) is 0 Å². The minimum atomic E-state index is -0.310. The van der Waals surface area contributed by atoms with Crippen LogP contribution in [0.2, 0.25) is 5.02 Å². The van der Waals surface area contributed by atoms with Crippen molar-refractivity contribution in [3.63, 3.8) is 0 Å². The number of nitrogen functional groups attached to an aromatic ring is 1. The molecular formula is C40H46ClN7O6S3. The first-order chi connectivity index (χ1) is 27.5. The van der Waals surface area contributed by atoms with Gasteiger partial charge in [-0.25, -0.2) is 19.7 Å². The molecule has 1 aliphatic heterocycles. The Morgan fingerprint density at radius 2 is 1.63 bits per heavy atom. The lowest BCUT2D eigenvalue weighted by Gasteiger charge is -2.19. The van der Waals surface area contributed by atoms with Crippen LogP contribution in [0.1, 0.15) is 41.7 Å². The molecule has 1 aliphatic rings. The molecule has 0 bridgehead atoms. The molecule has 0 fully saturated rings. The van der Waals surface area contributed by atoms with Crippen molar-refractivity contribution < 1.29 is 29.2 Å². The third-order valence-electron chi connectivity index (χ3n) is 8.32. The molecule has 13 nitrogen and oxygen atoms in total. The Hall–Kier alpha value is -5.13. The number of aryl methyl sites for hydroxylation is 2. The molecule has 3 aromatic heterocycles. The molecule has 0 saturated carbocycles. The SMILES string of the molecule is CCN(CC)CCNc1nc(-c2ccc(O)cc2O)cs1.CCOC(=O)c1sc(Nc2cccc(C)c2)nc1C.Nc1nc(-c2cc3c(cc2Cl)OCCO3)cs1. The molecule has 6 N–H and O–H groups in total. The largest absolute Gasteiger partial charge is 0.508 e. The fourth-order valence-corrected chi connectivity index (χ4v) is 7.86. The topological polar surface area (TPSA) is 177 Å². The van der Waals surface area contributed by atoms with E-state index in [0.29, 0.717) is 68.4 Å². The number of anilines is 4. The Morgan fingerprint density at radius 1 is 0.912 bits per heavy atom. The molecule has 0 amide bonds. The molecule has 0 unspecified atom stereocenters. The first kappa shape index (κ1) is 43.0. The Bertz CT molecular complexity index is 2240. The van der Waals surface area contributed by atoms with Gasteiger partial charge in [0.2, 0.25) is 0 Å². The summed E-state index contributed by atoms with van der Waals surface area (Å²) in [6.07, 6.45) is 0. The van der Waals surface area contributed by atoms with E-state index in [4.69, 9.17) is 31.5 Å². The van der Waals surface area contributed by atoms with E-state index in [1.54, 1.807) is 25.1 Å². The minimum Gasteiger partial charge on any atom is -0.508 e. The number of aromatic hydroxyl groups is 2. The van der Waals surface area contributed by atoms with Crippen LogP contribution in [0.4, 0.5) is 21.1 Å². The standard InChI is InChI=1S/C15H21N3O2S.C14H16N2O2S.C11H9ClN2O2S/c1-3-18(4-2)8-7-16-15-17-13(10-21-15)12-6-5-11(19)9-14(12)20;1-4-18-13(17)12-10(3)15-14(19-12)16-11-7-5-6-9(2)8-11;12-7-4-10-9(15-1-2-16-10)3-6(7)8-5-17-11(13)14-8/h5-6,9-10,19-20H,3-4,7-8H2,1-2H3,(H,16,17);5-8H,4H2,1-3H3,(H,15,16);3-5H,1-2H2,(H2,13,14). The molecule has 0 aliphatic carbocycles. The van der Waals surface area contributed by atoms with Crippen molar-refractivity contribution in [1.29, 1.82) is 0 Å². The van der Waals surface area contributed by atoms with Crippen molar-refractivity contribution in [3.05, 3.63) is 86.5 Å². The number of fused-ring (bicyclic) bond motifs is 1. The van der Waals surface area contributed by atoms with E-state index in [1.165, 1.54) is 45.6 Å². The van der Waals surface area contributed by atoms with Gasteiger partial charge in [0.15, 0.2) is 26.9 Å². The first-order valence-corrected chi connectivity index (χ1v) is 21.2. The molecule has 0 saturated heterocycles. The summed E-state index contributed by atoms with van der Waals surface area (Å²) in [5, 5.41) is 32.1. The van der Waals surface area contributed by atoms with Crippen LogP contribution < -0.4 is 25.8 Å². The van der Waals surface area contributed by atoms with Crippen LogP contribution in [0.5, 0.6) is 23.0 Å². The van der Waals surface area contributed by atoms with Crippen LogP contribution in [-0.4, -0.2) is 82.0 Å². The third-order valence-corrected chi connectivity index (χ3v) is 11.2. The average molecular weight is 853 g/mol. The van der Waals surface area contributed by atoms with E-state index in [2.05, 4.69) is 44.3 Å². The number of phenolic OH excluding ortho intramolecular Hbond substituents is 2. The van der Waals surface area contributed by atoms with Crippen LogP contribution in [0, 0.1) is 13.8 Å². The average Bonchev–Trinajstić information content (AvgIpc) is 3.94. The van der Waals surface area contributed by atoms with Gasteiger partial charge in [-0.15, -0.1) is 22.7 Å². The summed E-state index contributed by atoms with van der Waals surface area (Å²) < 4.78 is 16.0. The predicted octanol–water partition coefficient (Wildman–Crippen LogP) is 9.47. The van der Waals surface area contributed by atoms with Crippen LogP contribution >= 0.6 is 45.6 Å². The number of ether oxygens (including phenoxy) is 3. The molecule has 0 radical (unpaired) electrons. The van der Waals surface area contributed by atoms with E-state index in [1.807, 2.05) is 54.9 Å². The zero-order chi connectivity index (χ0) is 40.9. The minimum absolute atomic E-state index is 0.0370. The van der Waals surface area contributed by atoms with Crippen LogP contribution in [-0.2, 0) is 4.74 Å². The number of phenols is 2. The Morgan fingerprint density at radius 3 is 2.30 bits per heavy atom. The molecule has 7 rings (SSSR count). The maximum atomic E-state index is 11.7. The van der Waals surface area contributed by atoms with E-state index >= 15 is 0 Å². The van der Waals surface area contributed by atoms with Gasteiger partial charge in [-0.3, -0.25) is 0 Å². The number of benzene rings is 3. The summed E-state index contributed by atoms with van der Waals surface area (Å²) >= 11 is 10.4. The fourth-order valence-electron chi connectivity index (χ4n) is 5.43. The van der Waals surface area contributed by atoms with Crippen molar-refractivity contribution in [2.75, 3.05) is 62.4 Å². The second kappa shape index (κ2) is 20.9. The van der Waals surface area contributed by atoms with E-state index < -0.39 is 0 Å². The van der Waals surface area contributed by atoms with Crippen molar-refractivity contribution in [3.8, 4) is 45.5 Å². The second-order valence-corrected chi connectivity index (χ2v) is 15.5. The molecule has 0 atom stereocenters. The van der Waals surface area contributed by atoms with E-state index in [-0.39, 0.29) is 17.5 Å². The highest BCUT2D eigenvalue weighted by Gasteiger charge is 2.18. The molecule has 17 heteroatoms. The van der Waals surface area contributed by atoms with Gasteiger partial charge in [0.1, 0.15) is 29.6 Å². The number of thiazole rings is 3. The van der Waals surface area contributed by atoms with Gasteiger partial charge in [-0.05, 0) is 69.8 Å². The number of nitrogens with one attached hydrogen (secondary N) is 2. The number of esters is 1. The molecule has 6 aromatic rings. The summed E-state index contributed by atoms with van der Waals surface area (Å²) in [6, 6.07) is 16.1. The number of nitrogens with two attached hydrogens (primary N) is 1. The van der Waals surface area contributed by atoms with Crippen LogP contribution in [0.15, 0.2) is 65.4 Å². The molecule has 3 aromatic carbocycles. The van der Waals surface area contributed by atoms with Crippen LogP contribution in [0.25, 0.3) is 22.5 Å². The van der Waals surface area contributed by atoms with Gasteiger partial charge >= 0.3 is 5.97 Å². The lowest BCUT2D eigenvalue weighted by atomic mass is 10.1. The molecular weight excluding hydrogens is 806 g/mol. The monoisotopic (exact) mass is 851 g/mol. The summed E-state index contributed by atoms with van der Waals surface area (Å²) in [5.41, 5.74) is 11.3. The van der Waals surface area contributed by atoms with Gasteiger partial charge in [-0.1, -0.05) is 48.9 Å². The smallest absolute Gasteiger partial charge is 0.350 e. The highest BCUT2D eigenvalue weighted by molar-refractivity contribution is 7.17. The number of halogens is 1. The zero-order valence-corrected chi connectivity index (χ0v) is 35.5. The molecule has 57 heavy (non-hydrogen) atoms. The van der Waals surface area contributed by atoms with Crippen molar-refractivity contribution >= 4 is 72.7 Å². The van der Waals surface area contributed by atoms with Crippen LogP contribution in [0.3, 0.4) is 0 Å². The lowest BCUT2D eigenvalue weighted by Crippen LogP contribution is -2.28. The maximum absolute atomic E-state index is 11.7. The van der Waals surface area contributed by atoms with Crippen molar-refractivity contribution in [2.24, 2.45) is 0 Å². The van der Waals surface area contributed by atoms with Gasteiger partial charge < -0.3 is 45.7 Å². The summed E-state index contributed by atoms with van der Waals surface area (Å²) in [4.78, 5) is 27.6. The highest BCUT2D eigenvalue weighted by Crippen LogP contribution is 2.40. The molecule has 0 spiro atoms. The Balaban J connectivity index is 0.000000164. The highest BCUT2D eigenvalue weighted by atomic mass is 35.5. The lowest BCUT2D eigenvalue weighted by molar-refractivity contribution is 0.0531. The summed E-state index contributed by atoms with van der Waals surface area (Å²) in [7, 11) is 0. The number of rotatable bonds is 12. The van der Waals surface area contributed by atoms with E-state index in [0.717, 1.165) is 48.3 Å². The Kier molecular flexibility index (Phi) is 15.7. The Labute approximate surface area is 349 Å². The van der Waals surface area contributed by atoms with Gasteiger partial charge in [-0.2, -0.15) is 0 Å². The number of hydrogen-bond acceptors (Lipinski definition) is 16. The van der Waals surface area contributed by atoms with Crippen molar-refractivity contribution in [1.82, 2.24) is 19.9 Å². The predicted molar refractivity (Wildman–Crippen MR) is 232 cm³/mol. The normalized spacial score (nSPS) is 11.6.